The van der Waals surface area contributed by atoms with Crippen molar-refractivity contribution >= 4 is 0 Å². The number of halogens is 2. The lowest BCUT2D eigenvalue weighted by atomic mass is 10.1. The maximum atomic E-state index is 12.8. The largest absolute Gasteiger partial charge is 0.242 e. The zero-order valence-electron chi connectivity index (χ0n) is 6.57. The molecule has 11 heavy (non-hydrogen) atoms. The lowest BCUT2D eigenvalue weighted by Crippen LogP contribution is -1.91. The third kappa shape index (κ3) is 1.76. The van der Waals surface area contributed by atoms with Crippen LogP contribution < -0.4 is 0 Å². The smallest absolute Gasteiger partial charge is 0.129 e. The van der Waals surface area contributed by atoms with Crippen molar-refractivity contribution in [3.63, 3.8) is 0 Å². The Balaban J connectivity index is 3.13. The second-order valence-electron chi connectivity index (χ2n) is 2.64. The van der Waals surface area contributed by atoms with E-state index in [1.54, 1.807) is 6.07 Å². The van der Waals surface area contributed by atoms with E-state index in [-0.39, 0.29) is 5.56 Å². The molecule has 1 aromatic carbocycles. The zero-order chi connectivity index (χ0) is 8.43. The molecule has 0 radical (unpaired) electrons. The molecule has 0 spiro atoms. The summed E-state index contributed by atoms with van der Waals surface area (Å²) in [4.78, 5) is 0. The van der Waals surface area contributed by atoms with E-state index in [1.165, 1.54) is 19.1 Å². The van der Waals surface area contributed by atoms with Gasteiger partial charge in [-0.1, -0.05) is 17.7 Å². The Kier molecular flexibility index (Phi) is 2.22. The van der Waals surface area contributed by atoms with E-state index in [1.807, 2.05) is 6.92 Å². The predicted molar refractivity (Wildman–Crippen MR) is 40.7 cm³/mol. The van der Waals surface area contributed by atoms with Crippen molar-refractivity contribution in [1.82, 2.24) is 0 Å². The van der Waals surface area contributed by atoms with Crippen molar-refractivity contribution in [2.24, 2.45) is 0 Å². The Morgan fingerprint density at radius 3 is 2.45 bits per heavy atom. The van der Waals surface area contributed by atoms with E-state index in [2.05, 4.69) is 0 Å². The van der Waals surface area contributed by atoms with Crippen LogP contribution in [0, 0.1) is 12.7 Å². The molecule has 1 atom stereocenters. The first-order chi connectivity index (χ1) is 5.11. The molecule has 0 amide bonds. The second-order valence-corrected chi connectivity index (χ2v) is 2.64. The van der Waals surface area contributed by atoms with Gasteiger partial charge in [-0.05, 0) is 19.9 Å². The fourth-order valence-corrected chi connectivity index (χ4v) is 0.968. The highest BCUT2D eigenvalue weighted by atomic mass is 19.1. The first kappa shape index (κ1) is 8.18. The number of benzene rings is 1. The summed E-state index contributed by atoms with van der Waals surface area (Å²) in [6.07, 6.45) is -1.23. The van der Waals surface area contributed by atoms with Crippen molar-refractivity contribution in [3.05, 3.63) is 35.1 Å². The van der Waals surface area contributed by atoms with E-state index in [4.69, 9.17) is 0 Å². The third-order valence-corrected chi connectivity index (χ3v) is 1.58. The summed E-state index contributed by atoms with van der Waals surface area (Å²) < 4.78 is 25.4. The standard InChI is InChI=1S/C9H10F2/c1-6-3-4-9(11)8(5-6)7(2)10/h3-5,7H,1-2H3/t7-/m1/s1. The Labute approximate surface area is 64.9 Å². The Morgan fingerprint density at radius 1 is 1.36 bits per heavy atom. The van der Waals surface area contributed by atoms with E-state index < -0.39 is 12.0 Å². The predicted octanol–water partition coefficient (Wildman–Crippen LogP) is 3.16. The quantitative estimate of drug-likeness (QED) is 0.585. The van der Waals surface area contributed by atoms with E-state index in [9.17, 15) is 8.78 Å². The monoisotopic (exact) mass is 156 g/mol. The minimum Gasteiger partial charge on any atom is -0.242 e. The average Bonchev–Trinajstić information content (AvgIpc) is 1.94. The molecule has 0 saturated heterocycles. The molecule has 0 heterocycles. The summed E-state index contributed by atoms with van der Waals surface area (Å²) in [5, 5.41) is 0. The molecule has 1 aromatic rings. The molecule has 0 saturated carbocycles. The highest BCUT2D eigenvalue weighted by Crippen LogP contribution is 2.20. The molecule has 1 rings (SSSR count). The van der Waals surface area contributed by atoms with Crippen LogP contribution in [-0.2, 0) is 0 Å². The summed E-state index contributed by atoms with van der Waals surface area (Å²) in [6, 6.07) is 4.45. The SMILES string of the molecule is Cc1ccc(F)c([C@@H](C)F)c1. The molecular weight excluding hydrogens is 146 g/mol. The van der Waals surface area contributed by atoms with Gasteiger partial charge in [-0.25, -0.2) is 8.78 Å². The van der Waals surface area contributed by atoms with Gasteiger partial charge < -0.3 is 0 Å². The molecule has 0 aromatic heterocycles. The molecule has 0 aliphatic heterocycles. The lowest BCUT2D eigenvalue weighted by molar-refractivity contribution is 0.361. The van der Waals surface area contributed by atoms with Crippen molar-refractivity contribution < 1.29 is 8.78 Å². The van der Waals surface area contributed by atoms with Crippen LogP contribution in [0.2, 0.25) is 0 Å². The van der Waals surface area contributed by atoms with Crippen molar-refractivity contribution in [1.29, 1.82) is 0 Å². The summed E-state index contributed by atoms with van der Waals surface area (Å²) in [6.45, 7) is 3.14. The van der Waals surface area contributed by atoms with Gasteiger partial charge in [-0.2, -0.15) is 0 Å². The van der Waals surface area contributed by atoms with Crippen LogP contribution in [0.5, 0.6) is 0 Å². The van der Waals surface area contributed by atoms with E-state index in [0.717, 1.165) is 5.56 Å². The summed E-state index contributed by atoms with van der Waals surface area (Å²) in [7, 11) is 0. The summed E-state index contributed by atoms with van der Waals surface area (Å²) in [5.41, 5.74) is 1.02. The number of hydrogen-bond acceptors (Lipinski definition) is 0. The average molecular weight is 156 g/mol. The van der Waals surface area contributed by atoms with Gasteiger partial charge in [0.2, 0.25) is 0 Å². The molecular formula is C9H10F2. The van der Waals surface area contributed by atoms with E-state index >= 15 is 0 Å². The van der Waals surface area contributed by atoms with Crippen molar-refractivity contribution in [2.45, 2.75) is 20.0 Å². The maximum Gasteiger partial charge on any atom is 0.129 e. The van der Waals surface area contributed by atoms with Gasteiger partial charge in [-0.15, -0.1) is 0 Å². The Hall–Kier alpha value is -0.920. The third-order valence-electron chi connectivity index (χ3n) is 1.58. The highest BCUT2D eigenvalue weighted by Gasteiger charge is 2.08. The Morgan fingerprint density at radius 2 is 2.00 bits per heavy atom. The summed E-state index contributed by atoms with van der Waals surface area (Å²) >= 11 is 0. The van der Waals surface area contributed by atoms with E-state index in [0.29, 0.717) is 0 Å². The summed E-state index contributed by atoms with van der Waals surface area (Å²) in [5.74, 6) is -0.467. The van der Waals surface area contributed by atoms with Crippen LogP contribution in [0.1, 0.15) is 24.2 Å². The fourth-order valence-electron chi connectivity index (χ4n) is 0.968. The number of rotatable bonds is 1. The van der Waals surface area contributed by atoms with Crippen LogP contribution in [0.4, 0.5) is 8.78 Å². The molecule has 0 aliphatic carbocycles. The number of aryl methyl sites for hydroxylation is 1. The van der Waals surface area contributed by atoms with Crippen LogP contribution in [0.25, 0.3) is 0 Å². The first-order valence-electron chi connectivity index (χ1n) is 3.51. The van der Waals surface area contributed by atoms with Crippen LogP contribution in [-0.4, -0.2) is 0 Å². The van der Waals surface area contributed by atoms with Gasteiger partial charge in [0.15, 0.2) is 0 Å². The van der Waals surface area contributed by atoms with Crippen molar-refractivity contribution in [3.8, 4) is 0 Å². The van der Waals surface area contributed by atoms with Gasteiger partial charge in [0.05, 0.1) is 0 Å². The van der Waals surface area contributed by atoms with Gasteiger partial charge in [-0.3, -0.25) is 0 Å². The second kappa shape index (κ2) is 2.99. The molecule has 0 unspecified atom stereocenters. The molecule has 0 nitrogen and oxygen atoms in total. The van der Waals surface area contributed by atoms with Crippen LogP contribution >= 0.6 is 0 Å². The topological polar surface area (TPSA) is 0 Å². The fraction of sp³-hybridized carbons (Fsp3) is 0.333. The number of hydrogen-bond donors (Lipinski definition) is 0. The minimum absolute atomic E-state index is 0.144. The normalized spacial score (nSPS) is 13.1. The Bertz CT molecular complexity index is 254. The van der Waals surface area contributed by atoms with Gasteiger partial charge >= 0.3 is 0 Å². The van der Waals surface area contributed by atoms with Crippen LogP contribution in [0.15, 0.2) is 18.2 Å². The highest BCUT2D eigenvalue weighted by molar-refractivity contribution is 5.25. The molecule has 0 bridgehead atoms. The van der Waals surface area contributed by atoms with Crippen LogP contribution in [0.3, 0.4) is 0 Å². The first-order valence-corrected chi connectivity index (χ1v) is 3.51. The minimum atomic E-state index is -1.23. The maximum absolute atomic E-state index is 12.8. The molecule has 2 heteroatoms. The number of alkyl halides is 1. The molecule has 60 valence electrons. The van der Waals surface area contributed by atoms with Gasteiger partial charge in [0, 0.05) is 5.56 Å². The zero-order valence-corrected chi connectivity index (χ0v) is 6.57. The van der Waals surface area contributed by atoms with Gasteiger partial charge in [0.25, 0.3) is 0 Å². The lowest BCUT2D eigenvalue weighted by Gasteiger charge is -2.04. The molecule has 0 N–H and O–H groups in total. The van der Waals surface area contributed by atoms with Gasteiger partial charge in [0.1, 0.15) is 12.0 Å². The van der Waals surface area contributed by atoms with Crippen molar-refractivity contribution in [2.75, 3.05) is 0 Å². The molecule has 0 fully saturated rings. The molecule has 0 aliphatic rings.